The number of primary amides is 1. The number of nitrogens with two attached hydrogens (primary N) is 1. The summed E-state index contributed by atoms with van der Waals surface area (Å²) in [6.45, 7) is 9.49. The number of carbonyl (C=O) groups excluding carboxylic acids is 1. The Bertz CT molecular complexity index is 1140. The number of methoxy groups -OCH3 is 2. The van der Waals surface area contributed by atoms with Crippen molar-refractivity contribution < 1.29 is 19.0 Å². The number of thiophene rings is 1. The molecular formula is C23H36N4O6S. The summed E-state index contributed by atoms with van der Waals surface area (Å²) in [5.41, 5.74) is 5.46. The molecule has 2 aromatic heterocycles. The molecule has 2 aromatic rings. The molecule has 2 N–H and O–H groups in total. The van der Waals surface area contributed by atoms with E-state index in [1.54, 1.807) is 4.57 Å². The molecule has 11 heteroatoms. The average Bonchev–Trinajstić information content (AvgIpc) is 3.38. The summed E-state index contributed by atoms with van der Waals surface area (Å²) < 4.78 is 19.2. The largest absolute Gasteiger partial charge is 0.376 e. The molecule has 1 fully saturated rings. The standard InChI is InChI=1S/C23H36N4O6S/c1-14-16(11-25(21(24)29)12-17(31-5)32-6)34-20-18(14)19(28)27(13-23(2,3)4)22(30)26(20)10-15-8-7-9-33-15/h15,17H,7-13H2,1-6H3,(H2,24,29). The number of fused-ring (bicyclic) bond motifs is 1. The molecule has 1 saturated heterocycles. The zero-order chi connectivity index (χ0) is 25.2. The Kier molecular flexibility index (Phi) is 8.22. The fraction of sp³-hybridized carbons (Fsp3) is 0.696. The number of ether oxygens (including phenoxy) is 3. The summed E-state index contributed by atoms with van der Waals surface area (Å²) in [7, 11) is 2.97. The summed E-state index contributed by atoms with van der Waals surface area (Å²) in [5.74, 6) is 0. The summed E-state index contributed by atoms with van der Waals surface area (Å²) in [6.07, 6.45) is 1.11. The van der Waals surface area contributed by atoms with Gasteiger partial charge in [0, 0.05) is 32.2 Å². The van der Waals surface area contributed by atoms with Crippen LogP contribution in [0.1, 0.15) is 44.1 Å². The lowest BCUT2D eigenvalue weighted by Crippen LogP contribution is -2.43. The van der Waals surface area contributed by atoms with Crippen LogP contribution >= 0.6 is 11.3 Å². The van der Waals surface area contributed by atoms with Crippen molar-refractivity contribution in [2.24, 2.45) is 11.1 Å². The number of aryl methyl sites for hydroxylation is 1. The second-order valence-electron chi connectivity index (χ2n) is 9.93. The number of aromatic nitrogens is 2. The van der Waals surface area contributed by atoms with Gasteiger partial charge in [-0.25, -0.2) is 9.59 Å². The zero-order valence-corrected chi connectivity index (χ0v) is 21.7. The molecule has 0 saturated carbocycles. The van der Waals surface area contributed by atoms with Crippen LogP contribution in [0.5, 0.6) is 0 Å². The molecule has 0 bridgehead atoms. The van der Waals surface area contributed by atoms with E-state index in [-0.39, 0.29) is 35.9 Å². The van der Waals surface area contributed by atoms with Gasteiger partial charge in [0.2, 0.25) is 0 Å². The highest BCUT2D eigenvalue weighted by molar-refractivity contribution is 7.18. The molecule has 0 radical (unpaired) electrons. The molecular weight excluding hydrogens is 460 g/mol. The third-order valence-corrected chi connectivity index (χ3v) is 7.28. The molecule has 190 valence electrons. The van der Waals surface area contributed by atoms with Gasteiger partial charge < -0.3 is 24.8 Å². The van der Waals surface area contributed by atoms with Crippen molar-refractivity contribution in [1.29, 1.82) is 0 Å². The van der Waals surface area contributed by atoms with Gasteiger partial charge >= 0.3 is 11.7 Å². The van der Waals surface area contributed by atoms with E-state index in [4.69, 9.17) is 19.9 Å². The fourth-order valence-electron chi connectivity index (χ4n) is 4.19. The van der Waals surface area contributed by atoms with Gasteiger partial charge in [-0.1, -0.05) is 20.8 Å². The van der Waals surface area contributed by atoms with Gasteiger partial charge in [0.15, 0.2) is 6.29 Å². The number of amides is 2. The minimum atomic E-state index is -0.635. The quantitative estimate of drug-likeness (QED) is 0.532. The van der Waals surface area contributed by atoms with E-state index in [1.807, 2.05) is 27.7 Å². The topological polar surface area (TPSA) is 118 Å². The highest BCUT2D eigenvalue weighted by Crippen LogP contribution is 2.30. The lowest BCUT2D eigenvalue weighted by Gasteiger charge is -2.24. The molecule has 0 spiro atoms. The van der Waals surface area contributed by atoms with Gasteiger partial charge in [0.1, 0.15) is 4.83 Å². The number of hydrogen-bond acceptors (Lipinski definition) is 7. The van der Waals surface area contributed by atoms with E-state index in [0.29, 0.717) is 29.9 Å². The summed E-state index contributed by atoms with van der Waals surface area (Å²) in [5, 5.41) is 0.501. The molecule has 0 aliphatic carbocycles. The van der Waals surface area contributed by atoms with Gasteiger partial charge in [0.05, 0.1) is 31.1 Å². The lowest BCUT2D eigenvalue weighted by molar-refractivity contribution is -0.111. The second kappa shape index (κ2) is 10.6. The highest BCUT2D eigenvalue weighted by atomic mass is 32.1. The van der Waals surface area contributed by atoms with Crippen LogP contribution in [-0.4, -0.2) is 59.8 Å². The van der Waals surface area contributed by atoms with Crippen molar-refractivity contribution in [2.75, 3.05) is 27.4 Å². The summed E-state index contributed by atoms with van der Waals surface area (Å²) in [4.78, 5) is 41.9. The highest BCUT2D eigenvalue weighted by Gasteiger charge is 2.27. The first-order valence-electron chi connectivity index (χ1n) is 11.4. The van der Waals surface area contributed by atoms with E-state index in [2.05, 4.69) is 0 Å². The minimum absolute atomic E-state index is 0.0707. The Hall–Kier alpha value is -2.21. The predicted octanol–water partition coefficient (Wildman–Crippen LogP) is 2.26. The first kappa shape index (κ1) is 26.4. The van der Waals surface area contributed by atoms with Gasteiger partial charge in [-0.15, -0.1) is 11.3 Å². The molecule has 2 amide bonds. The molecule has 3 heterocycles. The van der Waals surface area contributed by atoms with Crippen molar-refractivity contribution >= 4 is 27.6 Å². The van der Waals surface area contributed by atoms with Crippen LogP contribution in [0.3, 0.4) is 0 Å². The Morgan fingerprint density at radius 3 is 2.47 bits per heavy atom. The van der Waals surface area contributed by atoms with Gasteiger partial charge in [0.25, 0.3) is 5.56 Å². The third kappa shape index (κ3) is 5.70. The van der Waals surface area contributed by atoms with Crippen LogP contribution in [0.4, 0.5) is 4.79 Å². The van der Waals surface area contributed by atoms with Crippen molar-refractivity contribution in [3.8, 4) is 0 Å². The second-order valence-corrected chi connectivity index (χ2v) is 11.0. The Morgan fingerprint density at radius 1 is 1.26 bits per heavy atom. The molecule has 1 aliphatic heterocycles. The Balaban J connectivity index is 2.14. The van der Waals surface area contributed by atoms with Crippen LogP contribution in [0.25, 0.3) is 10.2 Å². The third-order valence-electron chi connectivity index (χ3n) is 5.98. The van der Waals surface area contributed by atoms with Crippen molar-refractivity contribution in [3.05, 3.63) is 31.3 Å². The maximum Gasteiger partial charge on any atom is 0.332 e. The lowest BCUT2D eigenvalue weighted by atomic mass is 9.97. The molecule has 10 nitrogen and oxygen atoms in total. The fourth-order valence-corrected chi connectivity index (χ4v) is 5.50. The zero-order valence-electron chi connectivity index (χ0n) is 20.9. The normalized spacial score (nSPS) is 16.6. The van der Waals surface area contributed by atoms with E-state index in [0.717, 1.165) is 23.3 Å². The van der Waals surface area contributed by atoms with Gasteiger partial charge in [-0.2, -0.15) is 0 Å². The average molecular weight is 497 g/mol. The molecule has 1 aliphatic rings. The molecule has 34 heavy (non-hydrogen) atoms. The summed E-state index contributed by atoms with van der Waals surface area (Å²) >= 11 is 1.34. The Labute approximate surface area is 203 Å². The van der Waals surface area contributed by atoms with Crippen LogP contribution in [-0.2, 0) is 33.8 Å². The van der Waals surface area contributed by atoms with Crippen molar-refractivity contribution in [3.63, 3.8) is 0 Å². The predicted molar refractivity (Wildman–Crippen MR) is 131 cm³/mol. The maximum atomic E-state index is 13.5. The molecule has 1 atom stereocenters. The summed E-state index contributed by atoms with van der Waals surface area (Å²) in [6, 6.07) is -0.627. The van der Waals surface area contributed by atoms with E-state index in [9.17, 15) is 14.4 Å². The number of rotatable bonds is 9. The number of urea groups is 1. The minimum Gasteiger partial charge on any atom is -0.376 e. The van der Waals surface area contributed by atoms with E-state index >= 15 is 0 Å². The first-order valence-corrected chi connectivity index (χ1v) is 12.3. The van der Waals surface area contributed by atoms with Crippen molar-refractivity contribution in [1.82, 2.24) is 14.0 Å². The van der Waals surface area contributed by atoms with E-state index in [1.165, 1.54) is 35.0 Å². The van der Waals surface area contributed by atoms with E-state index < -0.39 is 12.3 Å². The maximum absolute atomic E-state index is 13.5. The molecule has 3 rings (SSSR count). The van der Waals surface area contributed by atoms with Crippen LogP contribution in [0, 0.1) is 12.3 Å². The van der Waals surface area contributed by atoms with Crippen LogP contribution < -0.4 is 17.0 Å². The SMILES string of the molecule is COC(CN(Cc1sc2c(c1C)c(=O)n(CC(C)(C)C)c(=O)n2CC1CCCO1)C(N)=O)OC. The van der Waals surface area contributed by atoms with Crippen molar-refractivity contribution in [2.45, 2.75) is 72.6 Å². The van der Waals surface area contributed by atoms with Crippen LogP contribution in [0.2, 0.25) is 0 Å². The molecule has 0 aromatic carbocycles. The van der Waals surface area contributed by atoms with Gasteiger partial charge in [-0.05, 0) is 30.7 Å². The van der Waals surface area contributed by atoms with Crippen LogP contribution in [0.15, 0.2) is 9.59 Å². The smallest absolute Gasteiger partial charge is 0.332 e. The van der Waals surface area contributed by atoms with Gasteiger partial charge in [-0.3, -0.25) is 13.9 Å². The molecule has 1 unspecified atom stereocenters. The number of carbonyl (C=O) groups is 1. The first-order chi connectivity index (χ1) is 16.0. The number of nitrogens with zero attached hydrogens (tertiary/aromatic N) is 3. The Morgan fingerprint density at radius 2 is 1.94 bits per heavy atom. The monoisotopic (exact) mass is 496 g/mol. The number of hydrogen-bond donors (Lipinski definition) is 1.